The lowest BCUT2D eigenvalue weighted by molar-refractivity contribution is 0.537. The second kappa shape index (κ2) is 4.51. The van der Waals surface area contributed by atoms with E-state index in [1.54, 1.807) is 313 Å². The highest BCUT2D eigenvalue weighted by atomic mass is 14.6. The molecule has 0 radical (unpaired) electrons. The van der Waals surface area contributed by atoms with Gasteiger partial charge in [-0.1, -0.05) is 6.92 Å². The molecule has 0 saturated carbocycles. The maximum Gasteiger partial charge on any atom is 0.0310 e. The van der Waals surface area contributed by atoms with Crippen LogP contribution in [-0.2, 0) is 5.41 Å². The van der Waals surface area contributed by atoms with Crippen molar-refractivity contribution in [3.63, 3.8) is 0 Å². The van der Waals surface area contributed by atoms with Crippen molar-refractivity contribution in [3.05, 3.63) is 22.3 Å². The van der Waals surface area contributed by atoms with Gasteiger partial charge in [-0.05, 0) is 313 Å². The van der Waals surface area contributed by atoms with Crippen molar-refractivity contribution in [2.75, 3.05) is 0 Å². The summed E-state index contributed by atoms with van der Waals surface area (Å²) in [5.41, 5.74) is 7.00. The minimum atomic E-state index is -0.0919. The molecule has 4 aliphatic carbocycles. The lowest BCUT2D eigenvalue weighted by Crippen LogP contribution is -2.32. The van der Waals surface area contributed by atoms with E-state index in [2.05, 4.69) is 6.92 Å². The van der Waals surface area contributed by atoms with E-state index in [0.29, 0.717) is 5.92 Å². The highest BCUT2D eigenvalue weighted by Crippen LogP contribution is 2.83. The lowest BCUT2D eigenvalue weighted by atomic mass is 9.60. The molecule has 61 heavy (non-hydrogen) atoms. The maximum absolute atomic E-state index is 2.83. The van der Waals surface area contributed by atoms with Crippen molar-refractivity contribution >= 4 is 291 Å². The first-order chi connectivity index (χ1) is 30.4. The third kappa shape index (κ3) is 1.04. The molecule has 0 fully saturated rings. The van der Waals surface area contributed by atoms with E-state index < -0.39 is 0 Å². The summed E-state index contributed by atoms with van der Waals surface area (Å²) in [5, 5.41) is 91.1. The molecule has 28 aromatic rings. The second-order valence-electron chi connectivity index (χ2n) is 23.5. The number of benzene rings is 17. The van der Waals surface area contributed by atoms with E-state index in [0.717, 1.165) is 0 Å². The first kappa shape index (κ1) is 21.1. The van der Waals surface area contributed by atoms with Crippen LogP contribution in [0.1, 0.15) is 35.1 Å². The molecule has 2 unspecified atom stereocenters. The van der Waals surface area contributed by atoms with Crippen molar-refractivity contribution < 1.29 is 0 Å². The molecule has 2 atom stereocenters. The van der Waals surface area contributed by atoms with Gasteiger partial charge in [0, 0.05) is 11.3 Å². The first-order valence-electron chi connectivity index (χ1n) is 23.1. The largest absolute Gasteiger partial charge is 0.0504 e. The van der Waals surface area contributed by atoms with Crippen LogP contribution in [0.15, 0.2) is 0 Å². The van der Waals surface area contributed by atoms with E-state index in [1.165, 1.54) is 0 Å². The molecule has 0 aliphatic heterocycles. The third-order valence-corrected chi connectivity index (χ3v) is 23.5. The van der Waals surface area contributed by atoms with E-state index >= 15 is 0 Å². The van der Waals surface area contributed by atoms with Crippen molar-refractivity contribution in [3.8, 4) is 0 Å². The smallest absolute Gasteiger partial charge is 0.0310 e. The lowest BCUT2D eigenvalue weighted by Gasteiger charge is -2.41. The zero-order valence-corrected chi connectivity index (χ0v) is 31.1. The summed E-state index contributed by atoms with van der Waals surface area (Å²) in [6.45, 7) is 2.83. The molecule has 32 rings (SSSR count). The monoisotopic (exact) mass is 736 g/mol. The van der Waals surface area contributed by atoms with Crippen molar-refractivity contribution in [1.29, 1.82) is 0 Å². The van der Waals surface area contributed by atoms with E-state index in [1.807, 2.05) is 0 Å². The Morgan fingerprint density at radius 2 is 0.295 bits per heavy atom. The van der Waals surface area contributed by atoms with Crippen LogP contribution in [0.2, 0.25) is 0 Å². The van der Waals surface area contributed by atoms with Gasteiger partial charge in [0.05, 0.1) is 0 Å². The Bertz CT molecular complexity index is 6930. The van der Waals surface area contributed by atoms with Gasteiger partial charge in [-0.2, -0.15) is 0 Å². The average Bonchev–Trinajstić information content (AvgIpc) is 4.10. The normalized spacial score (nSPS) is 22.1. The van der Waals surface area contributed by atoms with Crippen LogP contribution < -0.4 is 0 Å². The second-order valence-corrected chi connectivity index (χ2v) is 23.5. The van der Waals surface area contributed by atoms with Crippen molar-refractivity contribution in [2.45, 2.75) is 18.3 Å². The van der Waals surface area contributed by atoms with Crippen LogP contribution >= 0.6 is 0 Å². The van der Waals surface area contributed by atoms with Crippen LogP contribution in [0.3, 0.4) is 0 Å². The molecule has 0 spiro atoms. The van der Waals surface area contributed by atoms with Crippen LogP contribution in [-0.4, -0.2) is 0 Å². The van der Waals surface area contributed by atoms with Gasteiger partial charge in [0.15, 0.2) is 0 Å². The van der Waals surface area contributed by atoms with Gasteiger partial charge in [-0.25, -0.2) is 0 Å². The molecule has 4 aliphatic rings. The van der Waals surface area contributed by atoms with Crippen LogP contribution in [0.25, 0.3) is 291 Å². The summed E-state index contributed by atoms with van der Waals surface area (Å²) in [6, 6.07) is 0. The summed E-state index contributed by atoms with van der Waals surface area (Å²) in [7, 11) is 0. The molecule has 0 N–H and O–H groups in total. The Morgan fingerprint density at radius 3 is 0.574 bits per heavy atom. The van der Waals surface area contributed by atoms with Gasteiger partial charge in [0.25, 0.3) is 0 Å². The summed E-state index contributed by atoms with van der Waals surface area (Å²) >= 11 is 0. The number of hydrogen-bond acceptors (Lipinski definition) is 0. The fourth-order valence-corrected chi connectivity index (χ4v) is 23.6. The highest BCUT2D eigenvalue weighted by molar-refractivity contribution is 6.82. The van der Waals surface area contributed by atoms with Gasteiger partial charge in [0.1, 0.15) is 0 Å². The Labute approximate surface area is 329 Å². The molecule has 0 heteroatoms. The van der Waals surface area contributed by atoms with Gasteiger partial charge in [-0.15, -0.1) is 0 Å². The summed E-state index contributed by atoms with van der Waals surface area (Å²) < 4.78 is 0. The molecular weight excluding hydrogens is 733 g/mol. The van der Waals surface area contributed by atoms with E-state index in [9.17, 15) is 0 Å². The minimum absolute atomic E-state index is 0.0919. The SMILES string of the molecule is CC12c3c4c5c6c7c8c(c9c%10c1c1c%11c3c3c%12c4c4c6c6c7c7c%13c8c9c8c9c%10c1c1c%10c%11c3c3c%11c%12c4c4c6c6c7c7c%13c8c8c9c1c1c%10c3c3c%11c4c6c4c7c8c1c34)C52. The Balaban J connectivity index is 1.34. The van der Waals surface area contributed by atoms with Gasteiger partial charge < -0.3 is 0 Å². The zero-order valence-electron chi connectivity index (χ0n) is 31.1. The predicted molar refractivity (Wildman–Crippen MR) is 261 cm³/mol. The van der Waals surface area contributed by atoms with Crippen molar-refractivity contribution in [2.24, 2.45) is 0 Å². The predicted octanol–water partition coefficient (Wildman–Crippen LogP) is 17.2. The van der Waals surface area contributed by atoms with E-state index in [4.69, 9.17) is 0 Å². The molecule has 0 amide bonds. The molecular formula is C61H4. The Morgan fingerprint density at radius 1 is 0.164 bits per heavy atom. The fraction of sp³-hybridized carbons (Fsp3) is 0.0492. The molecule has 28 aromatic carbocycles. The number of rotatable bonds is 0. The number of hydrogen-bond donors (Lipinski definition) is 0. The van der Waals surface area contributed by atoms with Crippen LogP contribution in [0.5, 0.6) is 0 Å². The quantitative estimate of drug-likeness (QED) is 0.136. The van der Waals surface area contributed by atoms with Crippen molar-refractivity contribution in [1.82, 2.24) is 0 Å². The average molecular weight is 737 g/mol. The van der Waals surface area contributed by atoms with Crippen LogP contribution in [0, 0.1) is 0 Å². The maximum atomic E-state index is 2.83. The minimum Gasteiger partial charge on any atom is -0.0504 e. The standard InChI is InChI=1S/C61H4/c1-61-58-54-48-34-26-18-6-3-2-4-7(6)19-21-17-11(4)13-9-5(2)8-12-10(3)16-20(18)32(34)40-38-24(16)22(12)30-28-14(8)15(9)29-31-23(13)25(17)39-41-33(21)35(27(19)26)49(48)55(58)51(41)53-45(39)43(31)47-37(29)36(28)46-42(30)44(38)52(50(40)54)59(61)56(46)57(47)60(53)61/h59H,1H3. The summed E-state index contributed by atoms with van der Waals surface area (Å²) in [4.78, 5) is 0. The topological polar surface area (TPSA) is 0 Å². The Hall–Kier alpha value is -7.54. The third-order valence-electron chi connectivity index (χ3n) is 23.5. The zero-order chi connectivity index (χ0) is 35.6. The molecule has 0 heterocycles. The molecule has 0 bridgehead atoms. The molecule has 0 aromatic heterocycles. The highest BCUT2D eigenvalue weighted by Gasteiger charge is 2.61. The van der Waals surface area contributed by atoms with Gasteiger partial charge in [0.2, 0.25) is 0 Å². The van der Waals surface area contributed by atoms with Gasteiger partial charge >= 0.3 is 0 Å². The molecule has 0 saturated heterocycles. The summed E-state index contributed by atoms with van der Waals surface area (Å²) in [5.74, 6) is 0.373. The van der Waals surface area contributed by atoms with Gasteiger partial charge in [-0.3, -0.25) is 0 Å². The first-order valence-corrected chi connectivity index (χ1v) is 23.1. The molecule has 0 nitrogen and oxygen atoms in total. The van der Waals surface area contributed by atoms with E-state index in [-0.39, 0.29) is 5.41 Å². The summed E-state index contributed by atoms with van der Waals surface area (Å²) in [6.07, 6.45) is 0. The van der Waals surface area contributed by atoms with Crippen LogP contribution in [0.4, 0.5) is 0 Å². The fourth-order valence-electron chi connectivity index (χ4n) is 23.6. The molecule has 248 valence electrons. The Kier molecular flexibility index (Phi) is 1.56.